The van der Waals surface area contributed by atoms with Gasteiger partial charge in [-0.25, -0.2) is 9.97 Å². The predicted octanol–water partition coefficient (Wildman–Crippen LogP) is 2.04. The summed E-state index contributed by atoms with van der Waals surface area (Å²) >= 11 is 0. The molecule has 4 nitrogen and oxygen atoms in total. The Morgan fingerprint density at radius 2 is 1.89 bits per heavy atom. The summed E-state index contributed by atoms with van der Waals surface area (Å²) in [6, 6.07) is 0. The Hall–Kier alpha value is -1.16. The second kappa shape index (κ2) is 6.14. The molecule has 2 heterocycles. The number of rotatable bonds is 4. The normalized spacial score (nSPS) is 17.1. The van der Waals surface area contributed by atoms with Gasteiger partial charge >= 0.3 is 0 Å². The number of hydrogen-bond donors (Lipinski definition) is 1. The minimum Gasteiger partial charge on any atom is -0.344 e. The van der Waals surface area contributed by atoms with E-state index in [2.05, 4.69) is 41.1 Å². The molecular formula is C14H24N4. The maximum Gasteiger partial charge on any atom is 0.225 e. The van der Waals surface area contributed by atoms with Crippen LogP contribution in [-0.2, 0) is 0 Å². The largest absolute Gasteiger partial charge is 0.344 e. The molecule has 0 unspecified atom stereocenters. The van der Waals surface area contributed by atoms with Gasteiger partial charge in [0.1, 0.15) is 0 Å². The lowest BCUT2D eigenvalue weighted by molar-refractivity contribution is 0.376. The highest BCUT2D eigenvalue weighted by Gasteiger charge is 2.16. The van der Waals surface area contributed by atoms with Gasteiger partial charge in [0.05, 0.1) is 0 Å². The summed E-state index contributed by atoms with van der Waals surface area (Å²) in [5.74, 6) is 2.11. The number of aromatic nitrogens is 2. The lowest BCUT2D eigenvalue weighted by atomic mass is 9.98. The van der Waals surface area contributed by atoms with Crippen molar-refractivity contribution in [3.05, 3.63) is 18.0 Å². The first kappa shape index (κ1) is 13.3. The highest BCUT2D eigenvalue weighted by atomic mass is 15.2. The third-order valence-corrected chi connectivity index (χ3v) is 3.66. The lowest BCUT2D eigenvalue weighted by Crippen LogP contribution is -2.35. The topological polar surface area (TPSA) is 41.1 Å². The minimum absolute atomic E-state index is 0.494. The zero-order chi connectivity index (χ0) is 13.0. The van der Waals surface area contributed by atoms with Crippen LogP contribution in [0.25, 0.3) is 0 Å². The summed E-state index contributed by atoms with van der Waals surface area (Å²) in [6.45, 7) is 7.67. The first-order valence-corrected chi connectivity index (χ1v) is 6.90. The van der Waals surface area contributed by atoms with E-state index in [1.54, 1.807) is 0 Å². The molecule has 0 aromatic carbocycles. The van der Waals surface area contributed by atoms with Gasteiger partial charge in [-0.05, 0) is 43.3 Å². The van der Waals surface area contributed by atoms with Crippen molar-refractivity contribution >= 4 is 5.95 Å². The van der Waals surface area contributed by atoms with Crippen molar-refractivity contribution in [1.29, 1.82) is 0 Å². The quantitative estimate of drug-likeness (QED) is 0.885. The Morgan fingerprint density at radius 1 is 1.28 bits per heavy atom. The molecule has 0 amide bonds. The lowest BCUT2D eigenvalue weighted by Gasteiger charge is -2.27. The molecule has 4 heteroatoms. The van der Waals surface area contributed by atoms with E-state index in [0.29, 0.717) is 5.92 Å². The molecule has 2 rings (SSSR count). The van der Waals surface area contributed by atoms with Crippen LogP contribution < -0.4 is 10.2 Å². The van der Waals surface area contributed by atoms with Crippen LogP contribution in [0.1, 0.15) is 38.2 Å². The Bertz CT molecular complexity index is 355. The van der Waals surface area contributed by atoms with E-state index in [1.807, 2.05) is 12.4 Å². The van der Waals surface area contributed by atoms with E-state index in [-0.39, 0.29) is 0 Å². The van der Waals surface area contributed by atoms with Crippen LogP contribution in [0.4, 0.5) is 5.95 Å². The average Bonchev–Trinajstić information content (AvgIpc) is 2.40. The van der Waals surface area contributed by atoms with E-state index in [9.17, 15) is 0 Å². The third kappa shape index (κ3) is 3.42. The number of piperidine rings is 1. The van der Waals surface area contributed by atoms with Crippen molar-refractivity contribution in [1.82, 2.24) is 15.3 Å². The molecule has 1 aliphatic heterocycles. The summed E-state index contributed by atoms with van der Waals surface area (Å²) in [6.07, 6.45) is 6.42. The fraction of sp³-hybridized carbons (Fsp3) is 0.714. The van der Waals surface area contributed by atoms with E-state index in [4.69, 9.17) is 0 Å². The second-order valence-corrected chi connectivity index (χ2v) is 5.54. The Labute approximate surface area is 110 Å². The summed E-state index contributed by atoms with van der Waals surface area (Å²) in [5, 5.41) is 3.40. The molecule has 1 aromatic heterocycles. The maximum atomic E-state index is 4.46. The molecule has 0 spiro atoms. The van der Waals surface area contributed by atoms with Crippen molar-refractivity contribution in [2.75, 3.05) is 31.6 Å². The van der Waals surface area contributed by atoms with E-state index >= 15 is 0 Å². The van der Waals surface area contributed by atoms with Crippen molar-refractivity contribution in [3.63, 3.8) is 0 Å². The summed E-state index contributed by atoms with van der Waals surface area (Å²) < 4.78 is 0. The SMILES string of the molecule is CC(C)c1cnc(N(C)CC2CCNCC2)nc1. The minimum atomic E-state index is 0.494. The molecule has 0 atom stereocenters. The Balaban J connectivity index is 1.93. The first-order valence-electron chi connectivity index (χ1n) is 6.90. The molecule has 0 radical (unpaired) electrons. The van der Waals surface area contributed by atoms with Gasteiger partial charge in [-0.3, -0.25) is 0 Å². The van der Waals surface area contributed by atoms with Crippen LogP contribution in [0.5, 0.6) is 0 Å². The number of anilines is 1. The van der Waals surface area contributed by atoms with Gasteiger partial charge in [0.2, 0.25) is 5.95 Å². The molecule has 0 aliphatic carbocycles. The fourth-order valence-corrected chi connectivity index (χ4v) is 2.36. The average molecular weight is 248 g/mol. The van der Waals surface area contributed by atoms with Crippen molar-refractivity contribution in [3.8, 4) is 0 Å². The van der Waals surface area contributed by atoms with Gasteiger partial charge < -0.3 is 10.2 Å². The molecule has 0 saturated carbocycles. The molecule has 100 valence electrons. The molecule has 1 fully saturated rings. The first-order chi connectivity index (χ1) is 8.66. The smallest absolute Gasteiger partial charge is 0.225 e. The van der Waals surface area contributed by atoms with Crippen LogP contribution >= 0.6 is 0 Å². The summed E-state index contributed by atoms with van der Waals surface area (Å²) in [5.41, 5.74) is 1.20. The van der Waals surface area contributed by atoms with Gasteiger partial charge in [-0.1, -0.05) is 13.8 Å². The van der Waals surface area contributed by atoms with Crippen LogP contribution in [0.15, 0.2) is 12.4 Å². The predicted molar refractivity (Wildman–Crippen MR) is 75.0 cm³/mol. The number of hydrogen-bond acceptors (Lipinski definition) is 4. The maximum absolute atomic E-state index is 4.46. The number of nitrogens with one attached hydrogen (secondary N) is 1. The molecule has 1 saturated heterocycles. The zero-order valence-corrected chi connectivity index (χ0v) is 11.7. The third-order valence-electron chi connectivity index (χ3n) is 3.66. The second-order valence-electron chi connectivity index (χ2n) is 5.54. The molecular weight excluding hydrogens is 224 g/mol. The molecule has 1 N–H and O–H groups in total. The van der Waals surface area contributed by atoms with Gasteiger partial charge in [0.15, 0.2) is 0 Å². The fourth-order valence-electron chi connectivity index (χ4n) is 2.36. The van der Waals surface area contributed by atoms with Gasteiger partial charge in [0, 0.05) is 26.0 Å². The zero-order valence-electron chi connectivity index (χ0n) is 11.7. The Kier molecular flexibility index (Phi) is 4.53. The summed E-state index contributed by atoms with van der Waals surface area (Å²) in [7, 11) is 2.09. The number of nitrogens with zero attached hydrogens (tertiary/aromatic N) is 3. The van der Waals surface area contributed by atoms with Crippen molar-refractivity contribution in [2.45, 2.75) is 32.6 Å². The standard InChI is InChI=1S/C14H24N4/c1-11(2)13-8-16-14(17-9-13)18(3)10-12-4-6-15-7-5-12/h8-9,11-12,15H,4-7,10H2,1-3H3. The van der Waals surface area contributed by atoms with Crippen LogP contribution in [-0.4, -0.2) is 36.6 Å². The molecule has 0 bridgehead atoms. The van der Waals surface area contributed by atoms with Crippen molar-refractivity contribution in [2.24, 2.45) is 5.92 Å². The van der Waals surface area contributed by atoms with E-state index in [0.717, 1.165) is 31.5 Å². The van der Waals surface area contributed by atoms with Crippen LogP contribution in [0, 0.1) is 5.92 Å². The highest BCUT2D eigenvalue weighted by Crippen LogP contribution is 2.17. The highest BCUT2D eigenvalue weighted by molar-refractivity contribution is 5.29. The molecule has 1 aromatic rings. The molecule has 18 heavy (non-hydrogen) atoms. The monoisotopic (exact) mass is 248 g/mol. The van der Waals surface area contributed by atoms with Gasteiger partial charge in [-0.2, -0.15) is 0 Å². The van der Waals surface area contributed by atoms with Gasteiger partial charge in [-0.15, -0.1) is 0 Å². The molecule has 1 aliphatic rings. The van der Waals surface area contributed by atoms with Crippen LogP contribution in [0.3, 0.4) is 0 Å². The van der Waals surface area contributed by atoms with E-state index < -0.39 is 0 Å². The Morgan fingerprint density at radius 3 is 2.44 bits per heavy atom. The van der Waals surface area contributed by atoms with E-state index in [1.165, 1.54) is 18.4 Å². The van der Waals surface area contributed by atoms with Crippen molar-refractivity contribution < 1.29 is 0 Å². The van der Waals surface area contributed by atoms with Crippen LogP contribution in [0.2, 0.25) is 0 Å². The van der Waals surface area contributed by atoms with Gasteiger partial charge in [0.25, 0.3) is 0 Å². The summed E-state index contributed by atoms with van der Waals surface area (Å²) in [4.78, 5) is 11.1.